The molecule has 144 valence electrons. The number of likely N-dealkylation sites (tertiary alicyclic amines) is 1. The zero-order valence-electron chi connectivity index (χ0n) is 16.1. The Morgan fingerprint density at radius 1 is 1.14 bits per heavy atom. The molecule has 0 bridgehead atoms. The minimum atomic E-state index is -0.224. The lowest BCUT2D eigenvalue weighted by Crippen LogP contribution is -2.43. The van der Waals surface area contributed by atoms with Gasteiger partial charge in [-0.05, 0) is 50.1 Å². The summed E-state index contributed by atoms with van der Waals surface area (Å²) in [6, 6.07) is 13.0. The van der Waals surface area contributed by atoms with Crippen molar-refractivity contribution in [2.75, 3.05) is 18.4 Å². The van der Waals surface area contributed by atoms with E-state index in [1.54, 1.807) is 17.9 Å². The molecule has 1 atom stereocenters. The van der Waals surface area contributed by atoms with Crippen LogP contribution in [0.3, 0.4) is 0 Å². The van der Waals surface area contributed by atoms with Crippen molar-refractivity contribution in [2.45, 2.75) is 26.7 Å². The van der Waals surface area contributed by atoms with Crippen molar-refractivity contribution >= 4 is 28.6 Å². The first-order valence-electron chi connectivity index (χ1n) is 9.53. The zero-order valence-corrected chi connectivity index (χ0v) is 16.1. The first-order valence-corrected chi connectivity index (χ1v) is 9.53. The van der Waals surface area contributed by atoms with Crippen molar-refractivity contribution < 1.29 is 14.0 Å². The summed E-state index contributed by atoms with van der Waals surface area (Å²) in [4.78, 5) is 31.6. The van der Waals surface area contributed by atoms with Crippen LogP contribution >= 0.6 is 0 Å². The molecule has 2 amide bonds. The predicted molar refractivity (Wildman–Crippen MR) is 107 cm³/mol. The van der Waals surface area contributed by atoms with Crippen LogP contribution in [0, 0.1) is 19.8 Å². The second kappa shape index (κ2) is 7.46. The summed E-state index contributed by atoms with van der Waals surface area (Å²) in [7, 11) is 0. The number of benzene rings is 2. The van der Waals surface area contributed by atoms with E-state index in [1.807, 2.05) is 43.3 Å². The first kappa shape index (κ1) is 18.2. The molecule has 6 heteroatoms. The lowest BCUT2D eigenvalue weighted by molar-refractivity contribution is -0.121. The summed E-state index contributed by atoms with van der Waals surface area (Å²) in [6.45, 7) is 4.90. The van der Waals surface area contributed by atoms with Crippen molar-refractivity contribution in [3.05, 3.63) is 59.5 Å². The van der Waals surface area contributed by atoms with E-state index in [1.165, 1.54) is 0 Å². The highest BCUT2D eigenvalue weighted by Gasteiger charge is 2.29. The highest BCUT2D eigenvalue weighted by molar-refractivity contribution is 5.97. The van der Waals surface area contributed by atoms with Gasteiger partial charge in [-0.1, -0.05) is 17.7 Å². The van der Waals surface area contributed by atoms with Crippen LogP contribution in [0.4, 0.5) is 5.69 Å². The summed E-state index contributed by atoms with van der Waals surface area (Å²) in [5, 5.41) is 2.96. The SMILES string of the molecule is Cc1ccc(C(=O)N2CCCC(C(=O)Nc3ccc4oc(C)nc4c3)C2)cc1. The Kier molecular flexibility index (Phi) is 4.86. The fourth-order valence-electron chi connectivity index (χ4n) is 3.62. The number of nitrogens with one attached hydrogen (secondary N) is 1. The number of aromatic nitrogens is 1. The van der Waals surface area contributed by atoms with Gasteiger partial charge in [-0.25, -0.2) is 4.98 Å². The maximum atomic E-state index is 12.8. The third kappa shape index (κ3) is 3.76. The summed E-state index contributed by atoms with van der Waals surface area (Å²) >= 11 is 0. The normalized spacial score (nSPS) is 16.9. The Balaban J connectivity index is 1.43. The van der Waals surface area contributed by atoms with Crippen LogP contribution in [-0.2, 0) is 4.79 Å². The lowest BCUT2D eigenvalue weighted by Gasteiger charge is -2.32. The molecule has 4 rings (SSSR count). The third-order valence-corrected chi connectivity index (χ3v) is 5.14. The lowest BCUT2D eigenvalue weighted by atomic mass is 9.96. The quantitative estimate of drug-likeness (QED) is 0.750. The molecule has 0 aliphatic carbocycles. The molecule has 1 N–H and O–H groups in total. The number of nitrogens with zero attached hydrogens (tertiary/aromatic N) is 2. The number of aryl methyl sites for hydroxylation is 2. The van der Waals surface area contributed by atoms with E-state index in [9.17, 15) is 9.59 Å². The van der Waals surface area contributed by atoms with E-state index in [-0.39, 0.29) is 17.7 Å². The summed E-state index contributed by atoms with van der Waals surface area (Å²) in [5.74, 6) is 0.284. The van der Waals surface area contributed by atoms with Crippen molar-refractivity contribution in [3.8, 4) is 0 Å². The fourth-order valence-corrected chi connectivity index (χ4v) is 3.62. The number of oxazole rings is 1. The number of carbonyl (C=O) groups excluding carboxylic acids is 2. The van der Waals surface area contributed by atoms with E-state index >= 15 is 0 Å². The average Bonchev–Trinajstić information content (AvgIpc) is 3.07. The maximum Gasteiger partial charge on any atom is 0.253 e. The van der Waals surface area contributed by atoms with Crippen LogP contribution in [-0.4, -0.2) is 34.8 Å². The molecule has 0 spiro atoms. The molecule has 2 heterocycles. The average molecular weight is 377 g/mol. The first-order chi connectivity index (χ1) is 13.5. The van der Waals surface area contributed by atoms with Crippen molar-refractivity contribution in [3.63, 3.8) is 0 Å². The van der Waals surface area contributed by atoms with E-state index in [2.05, 4.69) is 10.3 Å². The van der Waals surface area contributed by atoms with E-state index in [0.717, 1.165) is 23.9 Å². The molecular weight excluding hydrogens is 354 g/mol. The fraction of sp³-hybridized carbons (Fsp3) is 0.318. The molecule has 28 heavy (non-hydrogen) atoms. The van der Waals surface area contributed by atoms with Gasteiger partial charge in [0.15, 0.2) is 11.5 Å². The van der Waals surface area contributed by atoms with E-state index in [4.69, 9.17) is 4.42 Å². The summed E-state index contributed by atoms with van der Waals surface area (Å²) < 4.78 is 5.47. The smallest absolute Gasteiger partial charge is 0.253 e. The second-order valence-electron chi connectivity index (χ2n) is 7.36. The van der Waals surface area contributed by atoms with Crippen LogP contribution < -0.4 is 5.32 Å². The largest absolute Gasteiger partial charge is 0.441 e. The molecule has 0 radical (unpaired) electrons. The van der Waals surface area contributed by atoms with Crippen LogP contribution in [0.1, 0.15) is 34.7 Å². The molecular formula is C22H23N3O3. The zero-order chi connectivity index (χ0) is 19.7. The van der Waals surface area contributed by atoms with Crippen molar-refractivity contribution in [1.29, 1.82) is 0 Å². The predicted octanol–water partition coefficient (Wildman–Crippen LogP) is 3.94. The number of carbonyl (C=O) groups is 2. The summed E-state index contributed by atoms with van der Waals surface area (Å²) in [5.41, 5.74) is 3.89. The molecule has 1 aromatic heterocycles. The Morgan fingerprint density at radius 3 is 2.71 bits per heavy atom. The van der Waals surface area contributed by atoms with Crippen molar-refractivity contribution in [2.24, 2.45) is 5.92 Å². The van der Waals surface area contributed by atoms with Gasteiger partial charge < -0.3 is 14.6 Å². The molecule has 0 saturated carbocycles. The molecule has 6 nitrogen and oxygen atoms in total. The van der Waals surface area contributed by atoms with Gasteiger partial charge >= 0.3 is 0 Å². The second-order valence-corrected chi connectivity index (χ2v) is 7.36. The van der Waals surface area contributed by atoms with Crippen LogP contribution in [0.5, 0.6) is 0 Å². The van der Waals surface area contributed by atoms with E-state index < -0.39 is 0 Å². The number of fused-ring (bicyclic) bond motifs is 1. The van der Waals surface area contributed by atoms with Gasteiger partial charge in [0.1, 0.15) is 5.52 Å². The maximum absolute atomic E-state index is 12.8. The summed E-state index contributed by atoms with van der Waals surface area (Å²) in [6.07, 6.45) is 1.59. The Morgan fingerprint density at radius 2 is 1.93 bits per heavy atom. The number of anilines is 1. The van der Waals surface area contributed by atoms with Gasteiger partial charge in [-0.3, -0.25) is 9.59 Å². The molecule has 1 aliphatic heterocycles. The third-order valence-electron chi connectivity index (χ3n) is 5.14. The minimum absolute atomic E-state index is 0.0167. The number of piperidine rings is 1. The topological polar surface area (TPSA) is 75.4 Å². The molecule has 1 unspecified atom stereocenters. The Labute approximate surface area is 163 Å². The standard InChI is InChI=1S/C22H23N3O3/c1-14-5-7-16(8-6-14)22(27)25-11-3-4-17(13-25)21(26)24-18-9-10-20-19(12-18)23-15(2)28-20/h5-10,12,17H,3-4,11,13H2,1-2H3,(H,24,26). The number of hydrogen-bond acceptors (Lipinski definition) is 4. The minimum Gasteiger partial charge on any atom is -0.441 e. The number of amides is 2. The van der Waals surface area contributed by atoms with Gasteiger partial charge in [-0.15, -0.1) is 0 Å². The monoisotopic (exact) mass is 377 g/mol. The Hall–Kier alpha value is -3.15. The highest BCUT2D eigenvalue weighted by atomic mass is 16.3. The molecule has 1 saturated heterocycles. The molecule has 1 fully saturated rings. The number of hydrogen-bond donors (Lipinski definition) is 1. The van der Waals surface area contributed by atoms with Gasteiger partial charge in [-0.2, -0.15) is 0 Å². The Bertz CT molecular complexity index is 1020. The van der Waals surface area contributed by atoms with Gasteiger partial charge in [0, 0.05) is 31.3 Å². The van der Waals surface area contributed by atoms with Gasteiger partial charge in [0.25, 0.3) is 5.91 Å². The van der Waals surface area contributed by atoms with Crippen LogP contribution in [0.2, 0.25) is 0 Å². The van der Waals surface area contributed by atoms with Crippen molar-refractivity contribution in [1.82, 2.24) is 9.88 Å². The van der Waals surface area contributed by atoms with Crippen LogP contribution in [0.25, 0.3) is 11.1 Å². The molecule has 3 aromatic rings. The van der Waals surface area contributed by atoms with Crippen LogP contribution in [0.15, 0.2) is 46.9 Å². The van der Waals surface area contributed by atoms with E-state index in [0.29, 0.717) is 35.8 Å². The molecule has 1 aliphatic rings. The van der Waals surface area contributed by atoms with Gasteiger partial charge in [0.2, 0.25) is 5.91 Å². The molecule has 2 aromatic carbocycles. The number of rotatable bonds is 3. The van der Waals surface area contributed by atoms with Gasteiger partial charge in [0.05, 0.1) is 5.92 Å². The highest BCUT2D eigenvalue weighted by Crippen LogP contribution is 2.23.